The number of anilines is 1. The second-order valence-corrected chi connectivity index (χ2v) is 7.04. The van der Waals surface area contributed by atoms with Gasteiger partial charge in [-0.2, -0.15) is 4.98 Å². The minimum atomic E-state index is -0.649. The molecule has 0 radical (unpaired) electrons. The Labute approximate surface area is 171 Å². The zero-order chi connectivity index (χ0) is 21.4. The summed E-state index contributed by atoms with van der Waals surface area (Å²) in [5, 5.41) is 3.71. The Morgan fingerprint density at radius 3 is 2.70 bits per heavy atom. The molecular formula is C20H22FN5O4. The molecule has 0 bridgehead atoms. The summed E-state index contributed by atoms with van der Waals surface area (Å²) in [7, 11) is 4.38. The van der Waals surface area contributed by atoms with Crippen molar-refractivity contribution in [3.8, 4) is 22.6 Å². The van der Waals surface area contributed by atoms with E-state index >= 15 is 0 Å². The summed E-state index contributed by atoms with van der Waals surface area (Å²) in [5.41, 5.74) is 6.20. The summed E-state index contributed by atoms with van der Waals surface area (Å²) < 4.78 is 31.9. The normalized spacial score (nSPS) is 18.6. The smallest absolute Gasteiger partial charge is 0.259 e. The predicted octanol–water partition coefficient (Wildman–Crippen LogP) is 1.29. The second-order valence-electron chi connectivity index (χ2n) is 7.04. The number of nitrogens with one attached hydrogen (secondary N) is 1. The number of nitrogens with two attached hydrogens (primary N) is 1. The van der Waals surface area contributed by atoms with Gasteiger partial charge in [-0.1, -0.05) is 0 Å². The van der Waals surface area contributed by atoms with E-state index in [0.717, 1.165) is 0 Å². The van der Waals surface area contributed by atoms with Crippen LogP contribution in [0.5, 0.6) is 11.5 Å². The highest BCUT2D eigenvalue weighted by Gasteiger charge is 2.25. The van der Waals surface area contributed by atoms with Crippen LogP contribution in [-0.2, 0) is 11.8 Å². The van der Waals surface area contributed by atoms with Crippen LogP contribution >= 0.6 is 0 Å². The van der Waals surface area contributed by atoms with Crippen molar-refractivity contribution >= 4 is 17.0 Å². The van der Waals surface area contributed by atoms with Gasteiger partial charge in [0.1, 0.15) is 11.4 Å². The summed E-state index contributed by atoms with van der Waals surface area (Å²) in [5.74, 6) is 0.0448. The molecule has 0 saturated carbocycles. The Morgan fingerprint density at radius 1 is 1.23 bits per heavy atom. The number of halogens is 1. The fourth-order valence-electron chi connectivity index (χ4n) is 3.43. The molecule has 1 aromatic carbocycles. The van der Waals surface area contributed by atoms with Gasteiger partial charge in [0.05, 0.1) is 45.1 Å². The van der Waals surface area contributed by atoms with E-state index in [4.69, 9.17) is 19.9 Å². The third-order valence-corrected chi connectivity index (χ3v) is 5.15. The van der Waals surface area contributed by atoms with Crippen LogP contribution in [0.25, 0.3) is 22.2 Å². The van der Waals surface area contributed by atoms with Gasteiger partial charge in [0, 0.05) is 30.3 Å². The second kappa shape index (κ2) is 7.88. The number of hydrogen-bond acceptors (Lipinski definition) is 8. The summed E-state index contributed by atoms with van der Waals surface area (Å²) in [6.07, 6.45) is 1.57. The number of aryl methyl sites for hydroxylation is 1. The molecule has 3 aromatic rings. The van der Waals surface area contributed by atoms with Crippen LogP contribution < -0.4 is 26.1 Å². The molecule has 0 aliphatic carbocycles. The molecule has 9 nitrogen and oxygen atoms in total. The van der Waals surface area contributed by atoms with Crippen molar-refractivity contribution in [2.45, 2.75) is 12.1 Å². The van der Waals surface area contributed by atoms with Gasteiger partial charge in [0.15, 0.2) is 11.6 Å². The zero-order valence-corrected chi connectivity index (χ0v) is 16.8. The van der Waals surface area contributed by atoms with Crippen molar-refractivity contribution in [1.29, 1.82) is 0 Å². The highest BCUT2D eigenvalue weighted by molar-refractivity contribution is 5.82. The molecule has 30 heavy (non-hydrogen) atoms. The molecule has 0 spiro atoms. The summed E-state index contributed by atoms with van der Waals surface area (Å²) in [4.78, 5) is 21.8. The number of benzene rings is 1. The number of ether oxygens (including phenoxy) is 3. The number of nitrogens with zero attached hydrogens (tertiary/aromatic N) is 3. The Kier molecular flexibility index (Phi) is 5.27. The highest BCUT2D eigenvalue weighted by atomic mass is 19.1. The molecule has 158 valence electrons. The van der Waals surface area contributed by atoms with E-state index in [2.05, 4.69) is 15.3 Å². The number of pyridine rings is 1. The molecule has 1 fully saturated rings. The molecular weight excluding hydrogens is 393 g/mol. The fraction of sp³-hybridized carbons (Fsp3) is 0.350. The average molecular weight is 415 g/mol. The Balaban J connectivity index is 1.81. The van der Waals surface area contributed by atoms with Crippen molar-refractivity contribution < 1.29 is 18.6 Å². The van der Waals surface area contributed by atoms with Crippen molar-refractivity contribution in [1.82, 2.24) is 14.5 Å². The summed E-state index contributed by atoms with van der Waals surface area (Å²) in [6, 6.07) is 4.16. The lowest BCUT2D eigenvalue weighted by Gasteiger charge is -2.16. The SMILES string of the molecule is COc1cc(OC)c(F)c(-c2cc3cnc(N[C@@H]4COCC4N)nc3n(C)c2=O)c1. The predicted molar refractivity (Wildman–Crippen MR) is 109 cm³/mol. The van der Waals surface area contributed by atoms with Gasteiger partial charge in [-0.25, -0.2) is 9.37 Å². The van der Waals surface area contributed by atoms with Gasteiger partial charge in [-0.15, -0.1) is 0 Å². The highest BCUT2D eigenvalue weighted by Crippen LogP contribution is 2.33. The maximum Gasteiger partial charge on any atom is 0.259 e. The van der Waals surface area contributed by atoms with Crippen LogP contribution in [0.4, 0.5) is 10.3 Å². The van der Waals surface area contributed by atoms with E-state index < -0.39 is 11.4 Å². The van der Waals surface area contributed by atoms with Gasteiger partial charge >= 0.3 is 0 Å². The lowest BCUT2D eigenvalue weighted by Crippen LogP contribution is -2.39. The Hall–Kier alpha value is -3.24. The van der Waals surface area contributed by atoms with E-state index in [0.29, 0.717) is 35.9 Å². The van der Waals surface area contributed by atoms with Crippen LogP contribution in [0.1, 0.15) is 0 Å². The van der Waals surface area contributed by atoms with E-state index in [1.54, 1.807) is 19.3 Å². The third-order valence-electron chi connectivity index (χ3n) is 5.15. The van der Waals surface area contributed by atoms with E-state index in [1.807, 2.05) is 0 Å². The Morgan fingerprint density at radius 2 is 2.03 bits per heavy atom. The first kappa shape index (κ1) is 20.0. The molecule has 1 aliphatic rings. The molecule has 1 unspecified atom stereocenters. The summed E-state index contributed by atoms with van der Waals surface area (Å²) in [6.45, 7) is 0.917. The molecule has 3 heterocycles. The first-order valence-corrected chi connectivity index (χ1v) is 9.31. The fourth-order valence-corrected chi connectivity index (χ4v) is 3.43. The largest absolute Gasteiger partial charge is 0.497 e. The first-order chi connectivity index (χ1) is 14.4. The molecule has 2 atom stereocenters. The summed E-state index contributed by atoms with van der Waals surface area (Å²) >= 11 is 0. The lowest BCUT2D eigenvalue weighted by molar-refractivity contribution is 0.192. The minimum absolute atomic E-state index is 0.0163. The van der Waals surface area contributed by atoms with Crippen molar-refractivity contribution in [2.75, 3.05) is 32.8 Å². The monoisotopic (exact) mass is 415 g/mol. The first-order valence-electron chi connectivity index (χ1n) is 9.31. The lowest BCUT2D eigenvalue weighted by atomic mass is 10.0. The number of rotatable bonds is 5. The molecule has 4 rings (SSSR count). The molecule has 1 saturated heterocycles. The molecule has 1 aliphatic heterocycles. The van der Waals surface area contributed by atoms with Crippen LogP contribution in [0, 0.1) is 5.82 Å². The quantitative estimate of drug-likeness (QED) is 0.641. The van der Waals surface area contributed by atoms with Gasteiger partial charge in [0.25, 0.3) is 5.56 Å². The number of hydrogen-bond donors (Lipinski definition) is 2. The van der Waals surface area contributed by atoms with Crippen molar-refractivity contribution in [3.63, 3.8) is 0 Å². The number of fused-ring (bicyclic) bond motifs is 1. The zero-order valence-electron chi connectivity index (χ0n) is 16.8. The maximum absolute atomic E-state index is 14.9. The van der Waals surface area contributed by atoms with Crippen LogP contribution in [-0.4, -0.2) is 54.1 Å². The van der Waals surface area contributed by atoms with Gasteiger partial charge in [-0.05, 0) is 12.1 Å². The Bertz CT molecular complexity index is 1170. The maximum atomic E-state index is 14.9. The van der Waals surface area contributed by atoms with Crippen LogP contribution in [0.2, 0.25) is 0 Å². The van der Waals surface area contributed by atoms with Gasteiger partial charge in [-0.3, -0.25) is 9.36 Å². The van der Waals surface area contributed by atoms with Crippen LogP contribution in [0.15, 0.2) is 29.2 Å². The van der Waals surface area contributed by atoms with Crippen molar-refractivity contribution in [3.05, 3.63) is 40.6 Å². The topological polar surface area (TPSA) is 114 Å². The van der Waals surface area contributed by atoms with E-state index in [1.165, 1.54) is 30.9 Å². The van der Waals surface area contributed by atoms with E-state index in [9.17, 15) is 9.18 Å². The molecule has 2 aromatic heterocycles. The molecule has 10 heteroatoms. The van der Waals surface area contributed by atoms with Gasteiger partial charge < -0.3 is 25.3 Å². The van der Waals surface area contributed by atoms with E-state index in [-0.39, 0.29) is 29.0 Å². The van der Waals surface area contributed by atoms with Gasteiger partial charge in [0.2, 0.25) is 5.95 Å². The standard InChI is InChI=1S/C20H22FN5O4/c1-26-18-10(7-23-20(25-18)24-15-9-30-8-14(15)22)4-13(19(26)27)12-5-11(28-2)6-16(29-3)17(12)21/h4-7,14-15H,8-9,22H2,1-3H3,(H,23,24,25)/t14?,15-/m1/s1. The average Bonchev–Trinajstić information content (AvgIpc) is 3.15. The molecule has 3 N–H and O–H groups in total. The number of methoxy groups -OCH3 is 2. The third kappa shape index (κ3) is 3.44. The van der Waals surface area contributed by atoms with Crippen molar-refractivity contribution in [2.24, 2.45) is 12.8 Å². The van der Waals surface area contributed by atoms with Crippen LogP contribution in [0.3, 0.4) is 0 Å². The number of aromatic nitrogens is 3. The molecule has 0 amide bonds. The minimum Gasteiger partial charge on any atom is -0.497 e.